The Hall–Kier alpha value is -2.94. The number of carbonyl (C=O) groups excluding carboxylic acids is 1. The lowest BCUT2D eigenvalue weighted by molar-refractivity contribution is 0.0175. The molecule has 1 aliphatic rings. The maximum atomic E-state index is 13.8. The van der Waals surface area contributed by atoms with E-state index in [1.807, 2.05) is 0 Å². The van der Waals surface area contributed by atoms with Gasteiger partial charge in [0.2, 0.25) is 0 Å². The fourth-order valence-corrected chi connectivity index (χ4v) is 3.97. The van der Waals surface area contributed by atoms with Gasteiger partial charge in [0.15, 0.2) is 5.82 Å². The Labute approximate surface area is 175 Å². The SMILES string of the molecule is C[C@H]1c2nnn(-c3cc(F)ccn3)c2CCN1C(=O)c1cccc(C(C)(F)F)c1Cl. The average Bonchev–Trinajstić information content (AvgIpc) is 3.12. The van der Waals surface area contributed by atoms with Crippen LogP contribution in [0.1, 0.15) is 47.2 Å². The van der Waals surface area contributed by atoms with E-state index in [-0.39, 0.29) is 16.4 Å². The largest absolute Gasteiger partial charge is 0.330 e. The van der Waals surface area contributed by atoms with Gasteiger partial charge in [0.25, 0.3) is 11.8 Å². The van der Waals surface area contributed by atoms with E-state index in [1.165, 1.54) is 46.1 Å². The van der Waals surface area contributed by atoms with Crippen LogP contribution >= 0.6 is 11.6 Å². The molecule has 3 aromatic rings. The number of halogens is 4. The molecule has 3 heterocycles. The molecule has 0 fully saturated rings. The normalized spacial score (nSPS) is 16.5. The molecule has 1 aliphatic heterocycles. The van der Waals surface area contributed by atoms with Crippen LogP contribution in [0.5, 0.6) is 0 Å². The highest BCUT2D eigenvalue weighted by molar-refractivity contribution is 6.34. The lowest BCUT2D eigenvalue weighted by Gasteiger charge is -2.33. The van der Waals surface area contributed by atoms with E-state index in [0.29, 0.717) is 24.4 Å². The van der Waals surface area contributed by atoms with Gasteiger partial charge in [0.1, 0.15) is 11.5 Å². The molecule has 4 rings (SSSR count). The van der Waals surface area contributed by atoms with Crippen LogP contribution < -0.4 is 0 Å². The highest BCUT2D eigenvalue weighted by Crippen LogP contribution is 2.37. The molecule has 0 saturated heterocycles. The number of alkyl halides is 2. The van der Waals surface area contributed by atoms with Crippen LogP contribution in [0, 0.1) is 5.82 Å². The van der Waals surface area contributed by atoms with Crippen molar-refractivity contribution in [2.45, 2.75) is 32.2 Å². The summed E-state index contributed by atoms with van der Waals surface area (Å²) < 4.78 is 42.6. The smallest absolute Gasteiger partial charge is 0.271 e. The zero-order valence-electron chi connectivity index (χ0n) is 16.1. The maximum Gasteiger partial charge on any atom is 0.271 e. The predicted octanol–water partition coefficient (Wildman–Crippen LogP) is 4.33. The molecule has 1 aromatic carbocycles. The molecule has 156 valence electrons. The van der Waals surface area contributed by atoms with Crippen LogP contribution in [0.25, 0.3) is 5.82 Å². The number of aromatic nitrogens is 4. The summed E-state index contributed by atoms with van der Waals surface area (Å²) in [7, 11) is 0. The Bertz CT molecular complexity index is 1130. The average molecular weight is 436 g/mol. The first-order chi connectivity index (χ1) is 14.2. The van der Waals surface area contributed by atoms with E-state index in [9.17, 15) is 18.0 Å². The third-order valence-electron chi connectivity index (χ3n) is 5.13. The van der Waals surface area contributed by atoms with Gasteiger partial charge in [-0.05, 0) is 19.1 Å². The molecular weight excluding hydrogens is 419 g/mol. The topological polar surface area (TPSA) is 63.9 Å². The van der Waals surface area contributed by atoms with E-state index in [4.69, 9.17) is 11.6 Å². The second-order valence-electron chi connectivity index (χ2n) is 7.15. The van der Waals surface area contributed by atoms with Gasteiger partial charge >= 0.3 is 0 Å². The summed E-state index contributed by atoms with van der Waals surface area (Å²) in [4.78, 5) is 18.7. The van der Waals surface area contributed by atoms with Gasteiger partial charge in [0.05, 0.1) is 22.3 Å². The molecule has 1 amide bonds. The summed E-state index contributed by atoms with van der Waals surface area (Å²) in [6.45, 7) is 2.79. The van der Waals surface area contributed by atoms with Crippen molar-refractivity contribution in [1.29, 1.82) is 0 Å². The summed E-state index contributed by atoms with van der Waals surface area (Å²) in [6, 6.07) is 6.01. The minimum atomic E-state index is -3.17. The van der Waals surface area contributed by atoms with Crippen molar-refractivity contribution in [3.8, 4) is 5.82 Å². The van der Waals surface area contributed by atoms with Crippen LogP contribution in [-0.2, 0) is 12.3 Å². The van der Waals surface area contributed by atoms with Crippen molar-refractivity contribution in [3.63, 3.8) is 0 Å². The van der Waals surface area contributed by atoms with Crippen molar-refractivity contribution < 1.29 is 18.0 Å². The number of carbonyl (C=O) groups is 1. The summed E-state index contributed by atoms with van der Waals surface area (Å²) >= 11 is 6.15. The molecule has 6 nitrogen and oxygen atoms in total. The van der Waals surface area contributed by atoms with Crippen molar-refractivity contribution in [1.82, 2.24) is 24.9 Å². The van der Waals surface area contributed by atoms with Gasteiger partial charge in [-0.3, -0.25) is 4.79 Å². The summed E-state index contributed by atoms with van der Waals surface area (Å²) in [5.74, 6) is -3.80. The second-order valence-corrected chi connectivity index (χ2v) is 7.52. The lowest BCUT2D eigenvalue weighted by atomic mass is 10.0. The predicted molar refractivity (Wildman–Crippen MR) is 103 cm³/mol. The van der Waals surface area contributed by atoms with Gasteiger partial charge in [0, 0.05) is 37.7 Å². The molecule has 1 atom stereocenters. The zero-order valence-corrected chi connectivity index (χ0v) is 16.9. The maximum absolute atomic E-state index is 13.8. The Morgan fingerprint density at radius 1 is 1.30 bits per heavy atom. The Kier molecular flexibility index (Phi) is 5.01. The quantitative estimate of drug-likeness (QED) is 0.614. The van der Waals surface area contributed by atoms with Crippen LogP contribution in [0.3, 0.4) is 0 Å². The van der Waals surface area contributed by atoms with Crippen molar-refractivity contribution >= 4 is 17.5 Å². The molecule has 0 N–H and O–H groups in total. The number of fused-ring (bicyclic) bond motifs is 1. The molecule has 0 aliphatic carbocycles. The van der Waals surface area contributed by atoms with Crippen molar-refractivity contribution in [2.75, 3.05) is 6.54 Å². The van der Waals surface area contributed by atoms with Crippen LogP contribution in [0.15, 0.2) is 36.5 Å². The Balaban J connectivity index is 1.67. The summed E-state index contributed by atoms with van der Waals surface area (Å²) in [6.07, 6.45) is 1.72. The van der Waals surface area contributed by atoms with Crippen molar-refractivity contribution in [3.05, 3.63) is 69.9 Å². The second kappa shape index (κ2) is 7.39. The molecule has 2 aromatic heterocycles. The zero-order chi connectivity index (χ0) is 21.6. The monoisotopic (exact) mass is 435 g/mol. The van der Waals surface area contributed by atoms with Gasteiger partial charge in [-0.2, -0.15) is 4.68 Å². The molecule has 30 heavy (non-hydrogen) atoms. The van der Waals surface area contributed by atoms with Gasteiger partial charge in [-0.15, -0.1) is 5.10 Å². The van der Waals surface area contributed by atoms with Crippen molar-refractivity contribution in [2.24, 2.45) is 0 Å². The standard InChI is InChI=1S/C20H17ClF3N5O/c1-11-18-15(29(27-26-18)16-10-12(22)6-8-25-16)7-9-28(11)19(30)13-4-3-5-14(17(13)21)20(2,23)24/h3-6,8,10-11H,7,9H2,1-2H3/t11-/m0/s1. The number of benzene rings is 1. The molecular formula is C20H17ClF3N5O. The van der Waals surface area contributed by atoms with Crippen LogP contribution in [-0.4, -0.2) is 37.3 Å². The summed E-state index contributed by atoms with van der Waals surface area (Å²) in [5, 5.41) is 7.95. The molecule has 0 saturated carbocycles. The van der Waals surface area contributed by atoms with E-state index in [0.717, 1.165) is 6.92 Å². The molecule has 0 bridgehead atoms. The number of rotatable bonds is 3. The van der Waals surface area contributed by atoms with Crippen LogP contribution in [0.4, 0.5) is 13.2 Å². The third kappa shape index (κ3) is 3.43. The van der Waals surface area contributed by atoms with E-state index in [1.54, 1.807) is 6.92 Å². The minimum absolute atomic E-state index is 0.00480. The number of hydrogen-bond acceptors (Lipinski definition) is 4. The van der Waals surface area contributed by atoms with E-state index in [2.05, 4.69) is 15.3 Å². The number of nitrogens with zero attached hydrogens (tertiary/aromatic N) is 5. The number of pyridine rings is 1. The Morgan fingerprint density at radius 2 is 2.07 bits per heavy atom. The summed E-state index contributed by atoms with van der Waals surface area (Å²) in [5.41, 5.74) is 0.854. The molecule has 0 unspecified atom stereocenters. The first-order valence-corrected chi connectivity index (χ1v) is 9.60. The number of hydrogen-bond donors (Lipinski definition) is 0. The fourth-order valence-electron chi connectivity index (χ4n) is 3.60. The first-order valence-electron chi connectivity index (χ1n) is 9.22. The Morgan fingerprint density at radius 3 is 2.77 bits per heavy atom. The molecule has 10 heteroatoms. The van der Waals surface area contributed by atoms with Gasteiger partial charge in [-0.25, -0.2) is 18.2 Å². The van der Waals surface area contributed by atoms with Crippen LogP contribution in [0.2, 0.25) is 5.02 Å². The van der Waals surface area contributed by atoms with E-state index >= 15 is 0 Å². The van der Waals surface area contributed by atoms with Gasteiger partial charge in [-0.1, -0.05) is 28.9 Å². The van der Waals surface area contributed by atoms with Gasteiger partial charge < -0.3 is 4.90 Å². The highest BCUT2D eigenvalue weighted by atomic mass is 35.5. The lowest BCUT2D eigenvalue weighted by Crippen LogP contribution is -2.39. The fraction of sp³-hybridized carbons (Fsp3) is 0.300. The minimum Gasteiger partial charge on any atom is -0.330 e. The van der Waals surface area contributed by atoms with E-state index < -0.39 is 29.3 Å². The highest BCUT2D eigenvalue weighted by Gasteiger charge is 2.35. The molecule has 0 spiro atoms. The third-order valence-corrected chi connectivity index (χ3v) is 5.54. The molecule has 0 radical (unpaired) electrons. The first kappa shape index (κ1) is 20.3. The number of amides is 1.